The van der Waals surface area contributed by atoms with Crippen molar-refractivity contribution >= 4 is 29.0 Å². The van der Waals surface area contributed by atoms with Gasteiger partial charge in [0.15, 0.2) is 5.65 Å². The molecule has 8 nitrogen and oxygen atoms in total. The van der Waals surface area contributed by atoms with Crippen LogP contribution in [0.3, 0.4) is 0 Å². The molecule has 0 aliphatic carbocycles. The minimum atomic E-state index is -0.108. The van der Waals surface area contributed by atoms with Gasteiger partial charge in [-0.15, -0.1) is 0 Å². The van der Waals surface area contributed by atoms with Gasteiger partial charge in [-0.05, 0) is 51.7 Å². The first kappa shape index (κ1) is 21.2. The summed E-state index contributed by atoms with van der Waals surface area (Å²) in [7, 11) is 0. The highest BCUT2D eigenvalue weighted by atomic mass is 35.5. The van der Waals surface area contributed by atoms with Crippen molar-refractivity contribution in [3.05, 3.63) is 52.1 Å². The lowest BCUT2D eigenvalue weighted by atomic mass is 9.99. The zero-order valence-electron chi connectivity index (χ0n) is 18.5. The Balaban J connectivity index is 1.47. The van der Waals surface area contributed by atoms with Crippen LogP contribution in [0.15, 0.2) is 24.4 Å². The highest BCUT2D eigenvalue weighted by Crippen LogP contribution is 2.33. The van der Waals surface area contributed by atoms with Crippen molar-refractivity contribution in [2.45, 2.75) is 51.6 Å². The number of amides is 1. The first-order chi connectivity index (χ1) is 15.4. The number of anilines is 1. The largest absolute Gasteiger partial charge is 0.355 e. The van der Waals surface area contributed by atoms with E-state index in [0.717, 1.165) is 67.2 Å². The SMILES string of the molecule is Cc1cc(Cl)cc(C(=O)N2CCCCC2c2cc3nc(N4CCC(N)C4)c(C)cn3n2)n1. The molecule has 0 bridgehead atoms. The number of nitrogens with zero attached hydrogens (tertiary/aromatic N) is 6. The predicted octanol–water partition coefficient (Wildman–Crippen LogP) is 3.30. The Kier molecular flexibility index (Phi) is 5.51. The summed E-state index contributed by atoms with van der Waals surface area (Å²) < 4.78 is 1.82. The zero-order valence-corrected chi connectivity index (χ0v) is 19.2. The molecule has 0 aromatic carbocycles. The summed E-state index contributed by atoms with van der Waals surface area (Å²) in [6.07, 6.45) is 5.87. The summed E-state index contributed by atoms with van der Waals surface area (Å²) in [5, 5.41) is 5.34. The van der Waals surface area contributed by atoms with Gasteiger partial charge >= 0.3 is 0 Å². The van der Waals surface area contributed by atoms with Crippen molar-refractivity contribution in [2.75, 3.05) is 24.5 Å². The molecule has 0 saturated carbocycles. The van der Waals surface area contributed by atoms with Crippen LogP contribution in [-0.2, 0) is 0 Å². The minimum absolute atomic E-state index is 0.103. The van der Waals surface area contributed by atoms with Gasteiger partial charge in [-0.1, -0.05) is 11.6 Å². The van der Waals surface area contributed by atoms with Gasteiger partial charge in [0.1, 0.15) is 11.5 Å². The third-order valence-corrected chi connectivity index (χ3v) is 6.61. The lowest BCUT2D eigenvalue weighted by molar-refractivity contribution is 0.0599. The highest BCUT2D eigenvalue weighted by molar-refractivity contribution is 6.30. The molecule has 5 heterocycles. The average molecular weight is 454 g/mol. The molecule has 0 radical (unpaired) electrons. The molecule has 2 unspecified atom stereocenters. The Morgan fingerprint density at radius 2 is 1.97 bits per heavy atom. The van der Waals surface area contributed by atoms with Gasteiger partial charge < -0.3 is 15.5 Å². The Labute approximate surface area is 192 Å². The van der Waals surface area contributed by atoms with Gasteiger partial charge in [0.2, 0.25) is 0 Å². The molecule has 0 spiro atoms. The van der Waals surface area contributed by atoms with E-state index in [2.05, 4.69) is 16.8 Å². The number of likely N-dealkylation sites (tertiary alicyclic amines) is 1. The second kappa shape index (κ2) is 8.33. The van der Waals surface area contributed by atoms with Crippen LogP contribution < -0.4 is 10.6 Å². The smallest absolute Gasteiger partial charge is 0.273 e. The normalized spacial score (nSPS) is 21.5. The number of nitrogens with two attached hydrogens (primary N) is 1. The molecule has 2 atom stereocenters. The standard InChI is InChI=1S/C23H28ClN7O/c1-14-12-31-21(27-22(14)29-8-6-17(25)13-29)11-18(28-31)20-5-3-4-7-30(20)23(32)19-10-16(24)9-15(2)26-19/h9-12,17,20H,3-8,13,25H2,1-2H3. The van der Waals surface area contributed by atoms with E-state index in [9.17, 15) is 4.79 Å². The first-order valence-corrected chi connectivity index (χ1v) is 11.6. The lowest BCUT2D eigenvalue weighted by Crippen LogP contribution is -2.39. The summed E-state index contributed by atoms with van der Waals surface area (Å²) in [4.78, 5) is 26.8. The second-order valence-electron chi connectivity index (χ2n) is 8.94. The van der Waals surface area contributed by atoms with Gasteiger partial charge in [0.05, 0.1) is 11.7 Å². The van der Waals surface area contributed by atoms with E-state index < -0.39 is 0 Å². The molecule has 32 heavy (non-hydrogen) atoms. The lowest BCUT2D eigenvalue weighted by Gasteiger charge is -2.34. The van der Waals surface area contributed by atoms with Gasteiger partial charge in [-0.25, -0.2) is 14.5 Å². The molecule has 5 rings (SSSR count). The molecular weight excluding hydrogens is 426 g/mol. The predicted molar refractivity (Wildman–Crippen MR) is 124 cm³/mol. The third-order valence-electron chi connectivity index (χ3n) is 6.39. The number of carbonyl (C=O) groups excluding carboxylic acids is 1. The molecule has 2 fully saturated rings. The molecule has 2 saturated heterocycles. The van der Waals surface area contributed by atoms with Crippen molar-refractivity contribution in [2.24, 2.45) is 5.73 Å². The number of aromatic nitrogens is 4. The quantitative estimate of drug-likeness (QED) is 0.654. The second-order valence-corrected chi connectivity index (χ2v) is 9.37. The Hall–Kier alpha value is -2.71. The van der Waals surface area contributed by atoms with E-state index in [-0.39, 0.29) is 18.0 Å². The summed E-state index contributed by atoms with van der Waals surface area (Å²) >= 11 is 6.19. The zero-order chi connectivity index (χ0) is 22.4. The van der Waals surface area contributed by atoms with Crippen LogP contribution in [-0.4, -0.2) is 56.1 Å². The number of fused-ring (bicyclic) bond motifs is 1. The van der Waals surface area contributed by atoms with Crippen LogP contribution in [0.2, 0.25) is 5.02 Å². The van der Waals surface area contributed by atoms with Gasteiger partial charge in [-0.3, -0.25) is 4.79 Å². The number of rotatable bonds is 3. The molecule has 168 valence electrons. The van der Waals surface area contributed by atoms with Crippen molar-refractivity contribution in [1.29, 1.82) is 0 Å². The van der Waals surface area contributed by atoms with Gasteiger partial charge in [-0.2, -0.15) is 5.10 Å². The maximum atomic E-state index is 13.4. The maximum absolute atomic E-state index is 13.4. The number of piperidine rings is 1. The Bertz CT molecular complexity index is 1160. The number of halogens is 1. The maximum Gasteiger partial charge on any atom is 0.273 e. The third kappa shape index (κ3) is 3.93. The van der Waals surface area contributed by atoms with Crippen LogP contribution in [0.5, 0.6) is 0 Å². The average Bonchev–Trinajstić information content (AvgIpc) is 3.37. The van der Waals surface area contributed by atoms with Crippen LogP contribution in [0.25, 0.3) is 5.65 Å². The fourth-order valence-electron chi connectivity index (χ4n) is 4.85. The van der Waals surface area contributed by atoms with E-state index in [1.807, 2.05) is 28.6 Å². The molecular formula is C23H28ClN7O. The summed E-state index contributed by atoms with van der Waals surface area (Å²) in [5.41, 5.74) is 9.93. The van der Waals surface area contributed by atoms with Crippen molar-refractivity contribution in [3.63, 3.8) is 0 Å². The van der Waals surface area contributed by atoms with Crippen molar-refractivity contribution in [1.82, 2.24) is 24.5 Å². The molecule has 1 amide bonds. The molecule has 3 aromatic heterocycles. The number of carbonyl (C=O) groups is 1. The number of hydrogen-bond acceptors (Lipinski definition) is 6. The summed E-state index contributed by atoms with van der Waals surface area (Å²) in [6, 6.07) is 5.49. The van der Waals surface area contributed by atoms with E-state index in [1.165, 1.54) is 0 Å². The van der Waals surface area contributed by atoms with Gasteiger partial charge in [0, 0.05) is 54.2 Å². The number of hydrogen-bond donors (Lipinski definition) is 1. The topological polar surface area (TPSA) is 92.7 Å². The van der Waals surface area contributed by atoms with Crippen LogP contribution >= 0.6 is 11.6 Å². The number of pyridine rings is 1. The van der Waals surface area contributed by atoms with E-state index in [4.69, 9.17) is 27.4 Å². The molecule has 2 aliphatic rings. The summed E-state index contributed by atoms with van der Waals surface area (Å²) in [5.74, 6) is 0.861. The Morgan fingerprint density at radius 3 is 2.72 bits per heavy atom. The van der Waals surface area contributed by atoms with Crippen LogP contribution in [0, 0.1) is 13.8 Å². The van der Waals surface area contributed by atoms with E-state index in [0.29, 0.717) is 17.3 Å². The molecule has 3 aromatic rings. The fraction of sp³-hybridized carbons (Fsp3) is 0.478. The molecule has 2 N–H and O–H groups in total. The fourth-order valence-corrected chi connectivity index (χ4v) is 5.11. The van der Waals surface area contributed by atoms with Gasteiger partial charge in [0.25, 0.3) is 5.91 Å². The molecule has 2 aliphatic heterocycles. The van der Waals surface area contributed by atoms with Crippen LogP contribution in [0.4, 0.5) is 5.82 Å². The minimum Gasteiger partial charge on any atom is -0.355 e. The Morgan fingerprint density at radius 1 is 1.12 bits per heavy atom. The van der Waals surface area contributed by atoms with E-state index in [1.54, 1.807) is 12.1 Å². The number of aryl methyl sites for hydroxylation is 2. The van der Waals surface area contributed by atoms with Crippen molar-refractivity contribution < 1.29 is 4.79 Å². The monoisotopic (exact) mass is 453 g/mol. The summed E-state index contributed by atoms with van der Waals surface area (Å²) in [6.45, 7) is 6.31. The highest BCUT2D eigenvalue weighted by Gasteiger charge is 2.32. The van der Waals surface area contributed by atoms with Crippen molar-refractivity contribution in [3.8, 4) is 0 Å². The van der Waals surface area contributed by atoms with Crippen LogP contribution in [0.1, 0.15) is 59.2 Å². The first-order valence-electron chi connectivity index (χ1n) is 11.2. The molecule has 9 heteroatoms. The van der Waals surface area contributed by atoms with E-state index >= 15 is 0 Å².